The van der Waals surface area contributed by atoms with Crippen molar-refractivity contribution in [1.29, 1.82) is 5.41 Å². The summed E-state index contributed by atoms with van der Waals surface area (Å²) in [6.07, 6.45) is 3.53. The van der Waals surface area contributed by atoms with Crippen LogP contribution in [0.1, 0.15) is 16.0 Å². The average molecular weight is 516 g/mol. The summed E-state index contributed by atoms with van der Waals surface area (Å²) in [5.74, 6) is 0.710. The molecule has 2 aliphatic rings. The Labute approximate surface area is 197 Å². The first-order chi connectivity index (χ1) is 15.5. The van der Waals surface area contributed by atoms with E-state index in [2.05, 4.69) is 31.2 Å². The number of benzene rings is 1. The number of anilines is 3. The van der Waals surface area contributed by atoms with Gasteiger partial charge in [-0.05, 0) is 40.0 Å². The predicted octanol–water partition coefficient (Wildman–Crippen LogP) is 3.59. The number of hydrogen-bond acceptors (Lipinski definition) is 8. The van der Waals surface area contributed by atoms with E-state index in [4.69, 9.17) is 15.9 Å². The van der Waals surface area contributed by atoms with Crippen molar-refractivity contribution in [3.05, 3.63) is 38.9 Å². The topological polar surface area (TPSA) is 120 Å². The van der Waals surface area contributed by atoms with Crippen LogP contribution in [0.2, 0.25) is 0 Å². The van der Waals surface area contributed by atoms with Gasteiger partial charge in [0.25, 0.3) is 0 Å². The molecule has 4 heterocycles. The van der Waals surface area contributed by atoms with Crippen molar-refractivity contribution in [2.24, 2.45) is 0 Å². The lowest BCUT2D eigenvalue weighted by Gasteiger charge is -2.34. The average Bonchev–Trinajstić information content (AvgIpc) is 3.19. The van der Waals surface area contributed by atoms with Crippen LogP contribution >= 0.6 is 27.3 Å². The van der Waals surface area contributed by atoms with E-state index in [1.54, 1.807) is 23.7 Å². The van der Waals surface area contributed by atoms with Gasteiger partial charge < -0.3 is 31.0 Å². The number of morpholine rings is 1. The van der Waals surface area contributed by atoms with Crippen molar-refractivity contribution < 1.29 is 9.53 Å². The normalized spacial score (nSPS) is 16.2. The number of thiophene rings is 1. The highest BCUT2D eigenvalue weighted by Crippen LogP contribution is 2.39. The zero-order valence-electron chi connectivity index (χ0n) is 17.2. The smallest absolute Gasteiger partial charge is 0.320 e. The van der Waals surface area contributed by atoms with E-state index in [0.717, 1.165) is 31.7 Å². The SMILES string of the molecule is N=Cc1cc(Nc2ncnc3sc4c(c23)CCN(C(=O)N2CCOCC2)C4)c(Br)cc1N. The first-order valence-electron chi connectivity index (χ1n) is 10.3. The second-order valence-electron chi connectivity index (χ2n) is 7.69. The zero-order valence-corrected chi connectivity index (χ0v) is 19.6. The largest absolute Gasteiger partial charge is 0.398 e. The van der Waals surface area contributed by atoms with Gasteiger partial charge in [0.1, 0.15) is 17.0 Å². The number of carbonyl (C=O) groups excluding carboxylic acids is 1. The van der Waals surface area contributed by atoms with E-state index >= 15 is 0 Å². The standard InChI is InChI=1S/C21H22BrN7O2S/c22-14-8-15(24)12(9-23)7-16(14)27-19-18-13-1-2-29(21(30)28-3-5-31-6-4-28)10-17(13)32-20(18)26-11-25-19/h7-9,11,23H,1-6,10,24H2,(H,25,26,27). The first kappa shape index (κ1) is 21.1. The highest BCUT2D eigenvalue weighted by Gasteiger charge is 2.29. The molecule has 11 heteroatoms. The Kier molecular flexibility index (Phi) is 5.70. The summed E-state index contributed by atoms with van der Waals surface area (Å²) in [4.78, 5) is 27.8. The molecule has 0 radical (unpaired) electrons. The minimum atomic E-state index is 0.0748. The van der Waals surface area contributed by atoms with Gasteiger partial charge in [-0.2, -0.15) is 0 Å². The Balaban J connectivity index is 1.45. The molecule has 0 unspecified atom stereocenters. The number of nitrogens with one attached hydrogen (secondary N) is 2. The van der Waals surface area contributed by atoms with Gasteiger partial charge in [0.05, 0.1) is 30.8 Å². The molecular formula is C21H22BrN7O2S. The molecule has 166 valence electrons. The Morgan fingerprint density at radius 3 is 2.84 bits per heavy atom. The number of rotatable bonds is 3. The van der Waals surface area contributed by atoms with Crippen molar-refractivity contribution in [1.82, 2.24) is 19.8 Å². The molecule has 9 nitrogen and oxygen atoms in total. The van der Waals surface area contributed by atoms with Crippen LogP contribution < -0.4 is 11.1 Å². The Morgan fingerprint density at radius 1 is 1.25 bits per heavy atom. The third-order valence-corrected chi connectivity index (χ3v) is 7.55. The van der Waals surface area contributed by atoms with Crippen molar-refractivity contribution in [3.8, 4) is 0 Å². The van der Waals surface area contributed by atoms with Crippen molar-refractivity contribution in [2.45, 2.75) is 13.0 Å². The van der Waals surface area contributed by atoms with E-state index in [-0.39, 0.29) is 6.03 Å². The third kappa shape index (κ3) is 3.80. The Hall–Kier alpha value is -2.76. The minimum absolute atomic E-state index is 0.0748. The van der Waals surface area contributed by atoms with Gasteiger partial charge in [-0.3, -0.25) is 0 Å². The molecule has 3 aromatic rings. The molecule has 32 heavy (non-hydrogen) atoms. The van der Waals surface area contributed by atoms with Gasteiger partial charge in [-0.1, -0.05) is 0 Å². The number of nitrogens with two attached hydrogens (primary N) is 1. The monoisotopic (exact) mass is 515 g/mol. The van der Waals surface area contributed by atoms with Crippen LogP contribution in [-0.2, 0) is 17.7 Å². The van der Waals surface area contributed by atoms with E-state index in [0.29, 0.717) is 56.5 Å². The second-order valence-corrected chi connectivity index (χ2v) is 9.63. The molecule has 4 N–H and O–H groups in total. The lowest BCUT2D eigenvalue weighted by atomic mass is 10.0. The highest BCUT2D eigenvalue weighted by molar-refractivity contribution is 9.10. The fraction of sp³-hybridized carbons (Fsp3) is 0.333. The first-order valence-corrected chi connectivity index (χ1v) is 11.9. The fourth-order valence-corrected chi connectivity index (χ4v) is 5.76. The van der Waals surface area contributed by atoms with Crippen LogP contribution in [0.5, 0.6) is 0 Å². The van der Waals surface area contributed by atoms with E-state index in [1.807, 2.05) is 15.9 Å². The van der Waals surface area contributed by atoms with Gasteiger partial charge in [-0.15, -0.1) is 11.3 Å². The van der Waals surface area contributed by atoms with Gasteiger partial charge in [-0.25, -0.2) is 14.8 Å². The Morgan fingerprint density at radius 2 is 2.06 bits per heavy atom. The van der Waals surface area contributed by atoms with Crippen LogP contribution in [0.15, 0.2) is 22.9 Å². The number of nitrogen functional groups attached to an aromatic ring is 1. The summed E-state index contributed by atoms with van der Waals surface area (Å²) in [5, 5.41) is 12.0. The molecule has 0 spiro atoms. The van der Waals surface area contributed by atoms with Crippen LogP contribution in [-0.4, -0.2) is 64.9 Å². The number of carbonyl (C=O) groups is 1. The van der Waals surface area contributed by atoms with Crippen molar-refractivity contribution in [3.63, 3.8) is 0 Å². The second kappa shape index (κ2) is 8.64. The van der Waals surface area contributed by atoms with Crippen molar-refractivity contribution in [2.75, 3.05) is 43.9 Å². The van der Waals surface area contributed by atoms with Crippen LogP contribution in [0.3, 0.4) is 0 Å². The third-order valence-electron chi connectivity index (χ3n) is 5.77. The molecule has 2 amide bonds. The van der Waals surface area contributed by atoms with E-state index < -0.39 is 0 Å². The number of fused-ring (bicyclic) bond motifs is 3. The van der Waals surface area contributed by atoms with Gasteiger partial charge in [0.2, 0.25) is 0 Å². The number of halogens is 1. The maximum Gasteiger partial charge on any atom is 0.320 e. The van der Waals surface area contributed by atoms with E-state index in [9.17, 15) is 4.79 Å². The number of hydrogen-bond donors (Lipinski definition) is 3. The predicted molar refractivity (Wildman–Crippen MR) is 129 cm³/mol. The molecule has 2 aliphatic heterocycles. The van der Waals surface area contributed by atoms with Crippen LogP contribution in [0.25, 0.3) is 10.2 Å². The molecule has 1 aromatic carbocycles. The molecule has 0 saturated carbocycles. The summed E-state index contributed by atoms with van der Waals surface area (Å²) in [6.45, 7) is 3.71. The van der Waals surface area contributed by atoms with Gasteiger partial charge in [0.15, 0.2) is 0 Å². The number of amides is 2. The molecular weight excluding hydrogens is 494 g/mol. The highest BCUT2D eigenvalue weighted by atomic mass is 79.9. The number of nitrogens with zero attached hydrogens (tertiary/aromatic N) is 4. The zero-order chi connectivity index (χ0) is 22.2. The minimum Gasteiger partial charge on any atom is -0.398 e. The summed E-state index contributed by atoms with van der Waals surface area (Å²) in [6, 6.07) is 3.67. The fourth-order valence-electron chi connectivity index (χ4n) is 4.09. The quantitative estimate of drug-likeness (QED) is 0.362. The maximum absolute atomic E-state index is 12.9. The number of aromatic nitrogens is 2. The molecule has 1 saturated heterocycles. The summed E-state index contributed by atoms with van der Waals surface area (Å²) in [7, 11) is 0. The van der Waals surface area contributed by atoms with Gasteiger partial charge in [0, 0.05) is 46.4 Å². The van der Waals surface area contributed by atoms with Crippen molar-refractivity contribution >= 4 is 66.9 Å². The number of ether oxygens (including phenoxy) is 1. The molecule has 0 bridgehead atoms. The number of urea groups is 1. The summed E-state index contributed by atoms with van der Waals surface area (Å²) in [5.41, 5.74) is 9.10. The molecule has 0 aliphatic carbocycles. The van der Waals surface area contributed by atoms with E-state index in [1.165, 1.54) is 11.8 Å². The van der Waals surface area contributed by atoms with Crippen LogP contribution in [0.4, 0.5) is 22.0 Å². The molecule has 5 rings (SSSR count). The molecule has 0 atom stereocenters. The Bertz CT molecular complexity index is 1210. The lowest BCUT2D eigenvalue weighted by molar-refractivity contribution is 0.0423. The summed E-state index contributed by atoms with van der Waals surface area (Å²) >= 11 is 5.15. The maximum atomic E-state index is 12.9. The summed E-state index contributed by atoms with van der Waals surface area (Å²) < 4.78 is 6.16. The van der Waals surface area contributed by atoms with Gasteiger partial charge >= 0.3 is 6.03 Å². The molecule has 1 fully saturated rings. The van der Waals surface area contributed by atoms with Crippen LogP contribution in [0, 0.1) is 5.41 Å². The molecule has 2 aromatic heterocycles. The lowest BCUT2D eigenvalue weighted by Crippen LogP contribution is -2.49.